The Bertz CT molecular complexity index is 765. The smallest absolute Gasteiger partial charge is 0.249 e. The van der Waals surface area contributed by atoms with Crippen LogP contribution in [-0.2, 0) is 0 Å². The molecule has 0 fully saturated rings. The molecule has 0 bridgehead atoms. The number of aromatic nitrogens is 1. The average molecular weight is 301 g/mol. The molecule has 4 nitrogen and oxygen atoms in total. The summed E-state index contributed by atoms with van der Waals surface area (Å²) in [5, 5.41) is 0. The summed E-state index contributed by atoms with van der Waals surface area (Å²) in [6.45, 7) is 0. The third-order valence-electron chi connectivity index (χ3n) is 2.77. The number of rotatable bonds is 3. The maximum atomic E-state index is 11.5. The molecule has 100 valence electrons. The fourth-order valence-electron chi connectivity index (χ4n) is 1.84. The molecule has 3 rings (SSSR count). The highest BCUT2D eigenvalue weighted by molar-refractivity contribution is 8.01. The van der Waals surface area contributed by atoms with E-state index in [1.165, 1.54) is 11.8 Å². The molecule has 4 N–H and O–H groups in total. The first-order valence-corrected chi connectivity index (χ1v) is 7.50. The molecule has 20 heavy (non-hydrogen) atoms. The van der Waals surface area contributed by atoms with Gasteiger partial charge in [-0.25, -0.2) is 4.98 Å². The van der Waals surface area contributed by atoms with E-state index < -0.39 is 5.91 Å². The van der Waals surface area contributed by atoms with Gasteiger partial charge >= 0.3 is 0 Å². The highest BCUT2D eigenvalue weighted by Crippen LogP contribution is 2.38. The number of carbonyl (C=O) groups is 1. The van der Waals surface area contributed by atoms with Crippen LogP contribution >= 0.6 is 23.1 Å². The van der Waals surface area contributed by atoms with Gasteiger partial charge in [-0.05, 0) is 24.3 Å². The molecule has 0 radical (unpaired) electrons. The van der Waals surface area contributed by atoms with Crippen LogP contribution < -0.4 is 11.5 Å². The molecule has 1 heterocycles. The lowest BCUT2D eigenvalue weighted by Gasteiger charge is -2.07. The second kappa shape index (κ2) is 5.15. The second-order valence-electron chi connectivity index (χ2n) is 4.14. The van der Waals surface area contributed by atoms with Crippen molar-refractivity contribution in [1.82, 2.24) is 4.98 Å². The number of nitrogen functional groups attached to an aromatic ring is 1. The van der Waals surface area contributed by atoms with E-state index in [2.05, 4.69) is 4.98 Å². The number of primary amides is 1. The van der Waals surface area contributed by atoms with E-state index in [0.29, 0.717) is 16.1 Å². The number of para-hydroxylation sites is 1. The quantitative estimate of drug-likeness (QED) is 0.728. The van der Waals surface area contributed by atoms with E-state index in [1.807, 2.05) is 24.3 Å². The molecule has 0 atom stereocenters. The van der Waals surface area contributed by atoms with E-state index in [0.717, 1.165) is 14.6 Å². The topological polar surface area (TPSA) is 82.0 Å². The van der Waals surface area contributed by atoms with E-state index in [1.54, 1.807) is 29.5 Å². The fraction of sp³-hybridized carbons (Fsp3) is 0. The molecule has 0 aliphatic heterocycles. The van der Waals surface area contributed by atoms with Crippen molar-refractivity contribution in [3.8, 4) is 0 Å². The normalized spacial score (nSPS) is 10.8. The van der Waals surface area contributed by atoms with Crippen LogP contribution in [0.2, 0.25) is 0 Å². The minimum Gasteiger partial charge on any atom is -0.398 e. The van der Waals surface area contributed by atoms with E-state index in [9.17, 15) is 4.79 Å². The Labute approximate surface area is 123 Å². The van der Waals surface area contributed by atoms with Gasteiger partial charge in [0.25, 0.3) is 0 Å². The third kappa shape index (κ3) is 2.35. The van der Waals surface area contributed by atoms with Crippen LogP contribution in [0.3, 0.4) is 0 Å². The Balaban J connectivity index is 2.04. The van der Waals surface area contributed by atoms with Gasteiger partial charge in [0.1, 0.15) is 0 Å². The number of amides is 1. The van der Waals surface area contributed by atoms with E-state index in [-0.39, 0.29) is 0 Å². The van der Waals surface area contributed by atoms with Crippen LogP contribution in [0, 0.1) is 0 Å². The Morgan fingerprint density at radius 3 is 2.70 bits per heavy atom. The lowest BCUT2D eigenvalue weighted by molar-refractivity contribution is 0.0997. The second-order valence-corrected chi connectivity index (χ2v) is 6.43. The summed E-state index contributed by atoms with van der Waals surface area (Å²) in [5.74, 6) is -0.485. The number of hydrogen-bond donors (Lipinski definition) is 2. The number of benzene rings is 2. The van der Waals surface area contributed by atoms with Crippen molar-refractivity contribution in [1.29, 1.82) is 0 Å². The van der Waals surface area contributed by atoms with Gasteiger partial charge in [-0.2, -0.15) is 0 Å². The van der Waals surface area contributed by atoms with Crippen molar-refractivity contribution in [3.63, 3.8) is 0 Å². The lowest BCUT2D eigenvalue weighted by Crippen LogP contribution is -2.12. The van der Waals surface area contributed by atoms with E-state index >= 15 is 0 Å². The number of hydrogen-bond acceptors (Lipinski definition) is 5. The molecular formula is C14H11N3OS2. The molecule has 6 heteroatoms. The molecular weight excluding hydrogens is 290 g/mol. The molecule has 1 amide bonds. The van der Waals surface area contributed by atoms with Gasteiger partial charge in [-0.3, -0.25) is 4.79 Å². The molecule has 0 saturated carbocycles. The molecule has 1 aromatic heterocycles. The maximum absolute atomic E-state index is 11.5. The van der Waals surface area contributed by atoms with Crippen LogP contribution in [0.15, 0.2) is 51.7 Å². The van der Waals surface area contributed by atoms with Crippen molar-refractivity contribution < 1.29 is 4.79 Å². The first kappa shape index (κ1) is 13.0. The minimum atomic E-state index is -0.485. The van der Waals surface area contributed by atoms with Gasteiger partial charge in [-0.15, -0.1) is 11.3 Å². The SMILES string of the molecule is NC(=O)c1cccc(N)c1Sc1nc2ccccc2s1. The molecule has 0 aliphatic carbocycles. The van der Waals surface area contributed by atoms with Crippen LogP contribution in [-0.4, -0.2) is 10.9 Å². The van der Waals surface area contributed by atoms with Crippen LogP contribution in [0.4, 0.5) is 5.69 Å². The highest BCUT2D eigenvalue weighted by Gasteiger charge is 2.14. The lowest BCUT2D eigenvalue weighted by atomic mass is 10.2. The summed E-state index contributed by atoms with van der Waals surface area (Å²) in [7, 11) is 0. The van der Waals surface area contributed by atoms with Crippen molar-refractivity contribution >= 4 is 44.9 Å². The van der Waals surface area contributed by atoms with Crippen molar-refractivity contribution in [2.75, 3.05) is 5.73 Å². The predicted molar refractivity (Wildman–Crippen MR) is 83.1 cm³/mol. The van der Waals surface area contributed by atoms with Gasteiger partial charge in [-0.1, -0.05) is 30.0 Å². The van der Waals surface area contributed by atoms with Crippen molar-refractivity contribution in [3.05, 3.63) is 48.0 Å². The predicted octanol–water partition coefficient (Wildman–Crippen LogP) is 3.13. The first-order valence-electron chi connectivity index (χ1n) is 5.87. The minimum absolute atomic E-state index is 0.425. The number of nitrogens with zero attached hydrogens (tertiary/aromatic N) is 1. The van der Waals surface area contributed by atoms with Gasteiger partial charge in [0.15, 0.2) is 4.34 Å². The van der Waals surface area contributed by atoms with Crippen LogP contribution in [0.25, 0.3) is 10.2 Å². The number of thiazole rings is 1. The summed E-state index contributed by atoms with van der Waals surface area (Å²) in [5.41, 5.74) is 13.2. The standard InChI is InChI=1S/C14H11N3OS2/c15-9-5-3-4-8(13(16)18)12(9)20-14-17-10-6-1-2-7-11(10)19-14/h1-7H,15H2,(H2,16,18). The fourth-order valence-corrected chi connectivity index (χ4v) is 4.01. The zero-order chi connectivity index (χ0) is 14.1. The number of anilines is 1. The zero-order valence-corrected chi connectivity index (χ0v) is 12.0. The molecule has 0 aliphatic rings. The summed E-state index contributed by atoms with van der Waals surface area (Å²) in [6, 6.07) is 13.0. The molecule has 0 saturated heterocycles. The highest BCUT2D eigenvalue weighted by atomic mass is 32.2. The monoisotopic (exact) mass is 301 g/mol. The number of nitrogens with two attached hydrogens (primary N) is 2. The molecule has 0 spiro atoms. The maximum Gasteiger partial charge on any atom is 0.249 e. The Kier molecular flexibility index (Phi) is 3.33. The van der Waals surface area contributed by atoms with Gasteiger partial charge in [0, 0.05) is 5.69 Å². The molecule has 2 aromatic carbocycles. The first-order chi connectivity index (χ1) is 9.65. The average Bonchev–Trinajstić information content (AvgIpc) is 2.83. The van der Waals surface area contributed by atoms with Gasteiger partial charge < -0.3 is 11.5 Å². The van der Waals surface area contributed by atoms with Crippen LogP contribution in [0.1, 0.15) is 10.4 Å². The summed E-state index contributed by atoms with van der Waals surface area (Å²) >= 11 is 2.94. The largest absolute Gasteiger partial charge is 0.398 e. The van der Waals surface area contributed by atoms with E-state index in [4.69, 9.17) is 11.5 Å². The van der Waals surface area contributed by atoms with Gasteiger partial charge in [0.05, 0.1) is 20.7 Å². The molecule has 0 unspecified atom stereocenters. The Hall–Kier alpha value is -2.05. The van der Waals surface area contributed by atoms with Crippen LogP contribution in [0.5, 0.6) is 0 Å². The third-order valence-corrected chi connectivity index (χ3v) is 5.03. The Morgan fingerprint density at radius 1 is 1.15 bits per heavy atom. The van der Waals surface area contributed by atoms with Crippen molar-refractivity contribution in [2.24, 2.45) is 5.73 Å². The van der Waals surface area contributed by atoms with Crippen molar-refractivity contribution in [2.45, 2.75) is 9.24 Å². The number of carbonyl (C=O) groups excluding carboxylic acids is 1. The number of fused-ring (bicyclic) bond motifs is 1. The summed E-state index contributed by atoms with van der Waals surface area (Å²) in [6.07, 6.45) is 0. The Morgan fingerprint density at radius 2 is 1.95 bits per heavy atom. The van der Waals surface area contributed by atoms with Gasteiger partial charge in [0.2, 0.25) is 5.91 Å². The molecule has 3 aromatic rings. The summed E-state index contributed by atoms with van der Waals surface area (Å²) < 4.78 is 1.94. The summed E-state index contributed by atoms with van der Waals surface area (Å²) in [4.78, 5) is 16.7. The zero-order valence-electron chi connectivity index (χ0n) is 10.4.